The Balaban J connectivity index is 1.15. The summed E-state index contributed by atoms with van der Waals surface area (Å²) in [5.74, 6) is 1.76. The first-order chi connectivity index (χ1) is 17.6. The smallest absolute Gasteiger partial charge is 0.290 e. The van der Waals surface area contributed by atoms with Crippen molar-refractivity contribution in [2.24, 2.45) is 0 Å². The minimum Gasteiger partial charge on any atom is -0.474 e. The molecule has 11 heteroatoms. The van der Waals surface area contributed by atoms with Gasteiger partial charge in [0.25, 0.3) is 11.1 Å². The predicted octanol–water partition coefficient (Wildman–Crippen LogP) is 3.99. The van der Waals surface area contributed by atoms with Crippen LogP contribution in [0.2, 0.25) is 0 Å². The third-order valence-corrected chi connectivity index (χ3v) is 6.58. The zero-order valence-corrected chi connectivity index (χ0v) is 20.4. The van der Waals surface area contributed by atoms with Gasteiger partial charge < -0.3 is 14.4 Å². The molecule has 2 fully saturated rings. The predicted molar refractivity (Wildman–Crippen MR) is 135 cm³/mol. The van der Waals surface area contributed by atoms with Crippen molar-refractivity contribution in [1.29, 1.82) is 0 Å². The number of thioether (sulfide) groups is 1. The van der Waals surface area contributed by atoms with Gasteiger partial charge in [-0.1, -0.05) is 19.1 Å². The second-order valence-electron chi connectivity index (χ2n) is 8.27. The fourth-order valence-corrected chi connectivity index (χ4v) is 4.49. The largest absolute Gasteiger partial charge is 0.474 e. The van der Waals surface area contributed by atoms with Crippen LogP contribution in [0.15, 0.2) is 54.0 Å². The topological polar surface area (TPSA) is 119 Å². The van der Waals surface area contributed by atoms with E-state index < -0.39 is 0 Å². The molecule has 10 nitrogen and oxygen atoms in total. The molecule has 2 aliphatic rings. The molecular formula is C25H24N6O4S. The number of hydrogen-bond donors (Lipinski definition) is 1. The maximum atomic E-state index is 11.7. The van der Waals surface area contributed by atoms with E-state index in [0.29, 0.717) is 22.4 Å². The number of imide groups is 1. The first-order valence-corrected chi connectivity index (χ1v) is 12.4. The van der Waals surface area contributed by atoms with E-state index in [1.165, 1.54) is 6.33 Å². The van der Waals surface area contributed by atoms with E-state index in [4.69, 9.17) is 9.47 Å². The van der Waals surface area contributed by atoms with Crippen molar-refractivity contribution in [3.63, 3.8) is 0 Å². The number of carbonyl (C=O) groups excluding carboxylic acids is 2. The van der Waals surface area contributed by atoms with Crippen molar-refractivity contribution in [2.75, 3.05) is 18.0 Å². The van der Waals surface area contributed by atoms with Crippen LogP contribution >= 0.6 is 11.8 Å². The molecule has 1 aromatic carbocycles. The van der Waals surface area contributed by atoms with E-state index in [0.717, 1.165) is 61.2 Å². The van der Waals surface area contributed by atoms with Gasteiger partial charge in [0, 0.05) is 38.3 Å². The number of carbonyl (C=O) groups is 2. The van der Waals surface area contributed by atoms with Gasteiger partial charge >= 0.3 is 0 Å². The maximum Gasteiger partial charge on any atom is 0.290 e. The molecule has 0 unspecified atom stereocenters. The van der Waals surface area contributed by atoms with Crippen LogP contribution in [0.3, 0.4) is 0 Å². The zero-order chi connectivity index (χ0) is 24.9. The van der Waals surface area contributed by atoms with Gasteiger partial charge in [-0.05, 0) is 47.5 Å². The molecule has 2 amide bonds. The number of nitrogens with zero attached hydrogens (tertiary/aromatic N) is 5. The zero-order valence-electron chi connectivity index (χ0n) is 19.6. The molecule has 3 aromatic rings. The normalized spacial score (nSPS) is 17.4. The molecular weight excluding hydrogens is 480 g/mol. The highest BCUT2D eigenvalue weighted by Gasteiger charge is 2.25. The van der Waals surface area contributed by atoms with Gasteiger partial charge in [-0.3, -0.25) is 14.9 Å². The highest BCUT2D eigenvalue weighted by atomic mass is 32.2. The van der Waals surface area contributed by atoms with E-state index in [1.54, 1.807) is 36.4 Å². The highest BCUT2D eigenvalue weighted by molar-refractivity contribution is 8.18. The second-order valence-corrected chi connectivity index (χ2v) is 9.28. The monoisotopic (exact) mass is 504 g/mol. The van der Waals surface area contributed by atoms with Crippen LogP contribution in [-0.4, -0.2) is 50.3 Å². The molecule has 0 aliphatic carbocycles. The molecule has 4 heterocycles. The fourth-order valence-electron chi connectivity index (χ4n) is 3.81. The first kappa shape index (κ1) is 23.7. The summed E-state index contributed by atoms with van der Waals surface area (Å²) in [6.45, 7) is 3.70. The number of piperidine rings is 1. The highest BCUT2D eigenvalue weighted by Crippen LogP contribution is 2.28. The summed E-state index contributed by atoms with van der Waals surface area (Å²) in [7, 11) is 0. The van der Waals surface area contributed by atoms with Crippen LogP contribution in [0, 0.1) is 0 Å². The molecule has 0 saturated carbocycles. The fraction of sp³-hybridized carbons (Fsp3) is 0.280. The maximum absolute atomic E-state index is 11.7. The summed E-state index contributed by atoms with van der Waals surface area (Å²) in [6, 6.07) is 8.79. The van der Waals surface area contributed by atoms with E-state index in [9.17, 15) is 9.59 Å². The summed E-state index contributed by atoms with van der Waals surface area (Å²) >= 11 is 0.882. The summed E-state index contributed by atoms with van der Waals surface area (Å²) in [6.07, 6.45) is 9.45. The van der Waals surface area contributed by atoms with Crippen molar-refractivity contribution in [3.8, 4) is 17.5 Å². The average molecular weight is 505 g/mol. The van der Waals surface area contributed by atoms with Crippen LogP contribution in [0.1, 0.15) is 30.9 Å². The van der Waals surface area contributed by atoms with Crippen molar-refractivity contribution in [3.05, 3.63) is 65.1 Å². The Bertz CT molecular complexity index is 1270. The molecule has 0 radical (unpaired) electrons. The number of ether oxygens (including phenoxy) is 2. The third kappa shape index (κ3) is 5.80. The quantitative estimate of drug-likeness (QED) is 0.473. The number of aryl methyl sites for hydroxylation is 1. The lowest BCUT2D eigenvalue weighted by Gasteiger charge is -2.31. The van der Waals surface area contributed by atoms with Crippen molar-refractivity contribution < 1.29 is 19.1 Å². The molecule has 2 aliphatic heterocycles. The molecule has 184 valence electrons. The number of rotatable bonds is 7. The van der Waals surface area contributed by atoms with E-state index in [2.05, 4.69) is 37.1 Å². The lowest BCUT2D eigenvalue weighted by atomic mass is 10.1. The van der Waals surface area contributed by atoms with E-state index in [1.807, 2.05) is 12.4 Å². The van der Waals surface area contributed by atoms with Gasteiger partial charge in [0.1, 0.15) is 18.2 Å². The molecule has 0 atom stereocenters. The van der Waals surface area contributed by atoms with Crippen LogP contribution < -0.4 is 19.7 Å². The number of amides is 2. The van der Waals surface area contributed by atoms with Crippen molar-refractivity contribution in [2.45, 2.75) is 32.3 Å². The molecule has 2 aromatic heterocycles. The Morgan fingerprint density at radius 2 is 1.78 bits per heavy atom. The minimum absolute atomic E-state index is 0.0313. The summed E-state index contributed by atoms with van der Waals surface area (Å²) in [4.78, 5) is 42.9. The van der Waals surface area contributed by atoms with Crippen LogP contribution in [-0.2, 0) is 11.2 Å². The minimum atomic E-state index is -0.386. The van der Waals surface area contributed by atoms with Crippen molar-refractivity contribution in [1.82, 2.24) is 25.3 Å². The van der Waals surface area contributed by atoms with Crippen LogP contribution in [0.25, 0.3) is 6.08 Å². The number of hydrogen-bond acceptors (Lipinski definition) is 10. The average Bonchev–Trinajstić information content (AvgIpc) is 3.22. The third-order valence-electron chi connectivity index (χ3n) is 5.77. The Hall–Kier alpha value is -3.99. The van der Waals surface area contributed by atoms with Gasteiger partial charge in [-0.25, -0.2) is 19.9 Å². The molecule has 0 bridgehead atoms. The Morgan fingerprint density at radius 3 is 2.44 bits per heavy atom. The number of benzene rings is 1. The lowest BCUT2D eigenvalue weighted by molar-refractivity contribution is -0.115. The lowest BCUT2D eigenvalue weighted by Crippen LogP contribution is -2.39. The van der Waals surface area contributed by atoms with Gasteiger partial charge in [-0.2, -0.15) is 0 Å². The van der Waals surface area contributed by atoms with E-state index in [-0.39, 0.29) is 17.3 Å². The number of nitrogens with one attached hydrogen (secondary N) is 1. The molecule has 2 saturated heterocycles. The molecule has 36 heavy (non-hydrogen) atoms. The number of aromatic nitrogens is 4. The summed E-state index contributed by atoms with van der Waals surface area (Å²) < 4.78 is 11.9. The van der Waals surface area contributed by atoms with Gasteiger partial charge in [0.2, 0.25) is 17.7 Å². The van der Waals surface area contributed by atoms with Crippen LogP contribution in [0.5, 0.6) is 17.5 Å². The Labute approximate surface area is 212 Å². The molecule has 5 rings (SSSR count). The standard InChI is InChI=1S/C25H24N6O4S/c1-2-16-13-26-24(27-14-16)31-9-7-19(8-10-31)35-22-12-21(28-15-29-22)34-18-5-3-17(4-6-18)11-20-23(32)30-25(33)36-20/h3-6,11-15,19H,2,7-10H2,1H3,(H,30,32,33)/b20-11+. The van der Waals surface area contributed by atoms with Crippen molar-refractivity contribution >= 4 is 34.9 Å². The van der Waals surface area contributed by atoms with E-state index >= 15 is 0 Å². The van der Waals surface area contributed by atoms with Crippen LogP contribution in [0.4, 0.5) is 10.7 Å². The summed E-state index contributed by atoms with van der Waals surface area (Å²) in [5, 5.41) is 1.87. The first-order valence-electron chi connectivity index (χ1n) is 11.6. The molecule has 0 spiro atoms. The Morgan fingerprint density at radius 1 is 1.06 bits per heavy atom. The van der Waals surface area contributed by atoms with Gasteiger partial charge in [-0.15, -0.1) is 0 Å². The van der Waals surface area contributed by atoms with Gasteiger partial charge in [0.15, 0.2) is 0 Å². The Kier molecular flexibility index (Phi) is 7.08. The second kappa shape index (κ2) is 10.7. The summed E-state index contributed by atoms with van der Waals surface area (Å²) in [5.41, 5.74) is 1.90. The molecule has 1 N–H and O–H groups in total. The number of anilines is 1. The van der Waals surface area contributed by atoms with Gasteiger partial charge in [0.05, 0.1) is 11.0 Å². The SMILES string of the molecule is CCc1cnc(N2CCC(Oc3cc(Oc4ccc(/C=C5/SC(=O)NC5=O)cc4)ncn3)CC2)nc1.